The fourth-order valence-corrected chi connectivity index (χ4v) is 7.69. The summed E-state index contributed by atoms with van der Waals surface area (Å²) >= 11 is 0. The summed E-state index contributed by atoms with van der Waals surface area (Å²) in [5.41, 5.74) is 8.00. The smallest absolute Gasteiger partial charge is 0.315 e. The number of nitrogens with two attached hydrogens (primary N) is 1. The second-order valence-electron chi connectivity index (χ2n) is 13.8. The maximum atomic E-state index is 13.4. The van der Waals surface area contributed by atoms with Crippen LogP contribution in [-0.2, 0) is 4.74 Å². The van der Waals surface area contributed by atoms with Gasteiger partial charge in [-0.3, -0.25) is 0 Å². The minimum atomic E-state index is -1.08. The number of phenolic OH excluding ortho intramolecular Hbond substituents is 1. The Hall–Kier alpha value is -3.53. The molecule has 2 aromatic rings. The molecule has 1 fully saturated rings. The van der Waals surface area contributed by atoms with Crippen molar-refractivity contribution in [1.29, 1.82) is 0 Å². The summed E-state index contributed by atoms with van der Waals surface area (Å²) in [6.07, 6.45) is 6.19. The Kier molecular flexibility index (Phi) is 15.3. The van der Waals surface area contributed by atoms with Crippen molar-refractivity contribution in [3.8, 4) is 28.7 Å². The number of hydrogen-bond acceptors (Lipinski definition) is 12. The Morgan fingerprint density at radius 2 is 1.56 bits per heavy atom. The molecule has 2 unspecified atom stereocenters. The molecule has 5 rings (SSSR count). The SMILES string of the molecule is CCC(CCCNC(=O)N[C@@H]1c2cc3c(cc2[C@@H](c2cc(OC)c(O)c(OC)c2)[C@H]2C(O)OC[C@@H]21)OCO3)NCCCNCCCCNCCCN. The van der Waals surface area contributed by atoms with Gasteiger partial charge in [-0.25, -0.2) is 4.79 Å². The number of benzene rings is 2. The van der Waals surface area contributed by atoms with Gasteiger partial charge in [0.25, 0.3) is 0 Å². The van der Waals surface area contributed by atoms with Crippen LogP contribution in [0.25, 0.3) is 0 Å². The Labute approximate surface area is 307 Å². The van der Waals surface area contributed by atoms with Crippen molar-refractivity contribution >= 4 is 6.03 Å². The lowest BCUT2D eigenvalue weighted by atomic mass is 9.65. The predicted octanol–water partition coefficient (Wildman–Crippen LogP) is 3.05. The molecule has 2 aliphatic heterocycles. The van der Waals surface area contributed by atoms with E-state index in [2.05, 4.69) is 33.5 Å². The number of hydrogen-bond donors (Lipinski definition) is 8. The monoisotopic (exact) mass is 728 g/mol. The number of aliphatic hydroxyl groups is 1. The van der Waals surface area contributed by atoms with E-state index >= 15 is 0 Å². The molecule has 14 heteroatoms. The lowest BCUT2D eigenvalue weighted by Gasteiger charge is -2.41. The maximum absolute atomic E-state index is 13.4. The van der Waals surface area contributed by atoms with Crippen molar-refractivity contribution in [1.82, 2.24) is 26.6 Å². The third-order valence-electron chi connectivity index (χ3n) is 10.5. The van der Waals surface area contributed by atoms with E-state index in [-0.39, 0.29) is 48.5 Å². The Morgan fingerprint density at radius 3 is 2.21 bits per heavy atom. The van der Waals surface area contributed by atoms with Crippen LogP contribution < -0.4 is 51.3 Å². The summed E-state index contributed by atoms with van der Waals surface area (Å²) in [6, 6.07) is 7.00. The Bertz CT molecular complexity index is 1410. The third-order valence-corrected chi connectivity index (χ3v) is 10.5. The minimum absolute atomic E-state index is 0.0973. The average molecular weight is 729 g/mol. The van der Waals surface area contributed by atoms with Crippen molar-refractivity contribution < 1.29 is 38.7 Å². The maximum Gasteiger partial charge on any atom is 0.315 e. The summed E-state index contributed by atoms with van der Waals surface area (Å²) in [7, 11) is 2.96. The number of nitrogens with one attached hydrogen (secondary N) is 5. The molecule has 2 amide bonds. The summed E-state index contributed by atoms with van der Waals surface area (Å²) in [4.78, 5) is 13.4. The van der Waals surface area contributed by atoms with Gasteiger partial charge in [-0.15, -0.1) is 0 Å². The summed E-state index contributed by atoms with van der Waals surface area (Å²) in [5, 5.41) is 38.7. The van der Waals surface area contributed by atoms with E-state index in [1.807, 2.05) is 12.1 Å². The van der Waals surface area contributed by atoms with Crippen LogP contribution in [0.1, 0.15) is 80.5 Å². The van der Waals surface area contributed by atoms with Crippen molar-refractivity contribution in [2.24, 2.45) is 17.6 Å². The number of aliphatic hydroxyl groups excluding tert-OH is 1. The number of amides is 2. The van der Waals surface area contributed by atoms with Crippen molar-refractivity contribution in [3.05, 3.63) is 41.0 Å². The largest absolute Gasteiger partial charge is 0.502 e. The first kappa shape index (κ1) is 39.7. The molecule has 0 bridgehead atoms. The molecule has 14 nitrogen and oxygen atoms in total. The molecular weight excluding hydrogens is 668 g/mol. The summed E-state index contributed by atoms with van der Waals surface area (Å²) < 4.78 is 28.3. The van der Waals surface area contributed by atoms with Crippen LogP contribution in [0, 0.1) is 11.8 Å². The molecule has 3 aliphatic rings. The van der Waals surface area contributed by atoms with Gasteiger partial charge in [-0.2, -0.15) is 0 Å². The normalized spacial score (nSPS) is 22.1. The van der Waals surface area contributed by atoms with Crippen molar-refractivity contribution in [2.45, 2.75) is 76.2 Å². The van der Waals surface area contributed by atoms with E-state index in [0.29, 0.717) is 24.1 Å². The molecule has 52 heavy (non-hydrogen) atoms. The van der Waals surface area contributed by atoms with Gasteiger partial charge in [-0.05, 0) is 125 Å². The molecule has 6 atom stereocenters. The zero-order chi connectivity index (χ0) is 36.9. The van der Waals surface area contributed by atoms with Crippen LogP contribution in [0.3, 0.4) is 0 Å². The molecule has 0 saturated carbocycles. The highest BCUT2D eigenvalue weighted by Gasteiger charge is 2.52. The van der Waals surface area contributed by atoms with Crippen LogP contribution in [0.2, 0.25) is 0 Å². The number of methoxy groups -OCH3 is 2. The highest BCUT2D eigenvalue weighted by Crippen LogP contribution is 2.56. The van der Waals surface area contributed by atoms with Gasteiger partial charge in [0.1, 0.15) is 0 Å². The third kappa shape index (κ3) is 9.91. The van der Waals surface area contributed by atoms with Gasteiger partial charge >= 0.3 is 6.03 Å². The molecule has 0 radical (unpaired) electrons. The minimum Gasteiger partial charge on any atom is -0.502 e. The molecule has 2 heterocycles. The molecular formula is C38H60N6O8. The topological polar surface area (TPSA) is 190 Å². The second kappa shape index (κ2) is 20.1. The van der Waals surface area contributed by atoms with Crippen molar-refractivity contribution in [3.63, 3.8) is 0 Å². The number of carbonyl (C=O) groups is 1. The standard InChI is InChI=1S/C38H60N6O8/c1-4-25(42-17-9-15-41-13-6-5-12-40-14-8-11-39)10-7-16-43-38(47)44-35-27-21-30-29(51-23-52-30)20-26(27)33(34-28(35)22-50-37(34)46)24-18-31(48-2)36(45)32(19-24)49-3/h18-21,25,28,33-35,37,40-42,45-46H,4-17,22-23,39H2,1-3H3,(H2,43,44,47)/t25?,28-,33+,34-,35+,37?/m0/s1. The Morgan fingerprint density at radius 1 is 0.904 bits per heavy atom. The van der Waals surface area contributed by atoms with Crippen molar-refractivity contribution in [2.75, 3.05) is 73.4 Å². The molecule has 1 saturated heterocycles. The fourth-order valence-electron chi connectivity index (χ4n) is 7.69. The van der Waals surface area contributed by atoms with Gasteiger partial charge in [0, 0.05) is 30.3 Å². The van der Waals surface area contributed by atoms with E-state index in [4.69, 9.17) is 29.4 Å². The number of fused-ring (bicyclic) bond motifs is 3. The molecule has 0 spiro atoms. The lowest BCUT2D eigenvalue weighted by Crippen LogP contribution is -2.46. The van der Waals surface area contributed by atoms with Gasteiger partial charge in [0.05, 0.1) is 26.9 Å². The number of ether oxygens (including phenoxy) is 5. The zero-order valence-corrected chi connectivity index (χ0v) is 31.0. The van der Waals surface area contributed by atoms with E-state index in [1.54, 1.807) is 12.1 Å². The van der Waals surface area contributed by atoms with Crippen LogP contribution >= 0.6 is 0 Å². The molecule has 9 N–H and O–H groups in total. The number of phenols is 1. The number of carbonyl (C=O) groups excluding carboxylic acids is 1. The van der Waals surface area contributed by atoms with Gasteiger partial charge in [0.2, 0.25) is 12.5 Å². The average Bonchev–Trinajstić information content (AvgIpc) is 3.78. The van der Waals surface area contributed by atoms with E-state index in [0.717, 1.165) is 88.1 Å². The first-order chi connectivity index (χ1) is 25.4. The Balaban J connectivity index is 1.14. The molecule has 2 aromatic carbocycles. The van der Waals surface area contributed by atoms with E-state index in [9.17, 15) is 15.0 Å². The molecule has 0 aromatic heterocycles. The fraction of sp³-hybridized carbons (Fsp3) is 0.658. The first-order valence-electron chi connectivity index (χ1n) is 19.0. The number of urea groups is 1. The molecule has 290 valence electrons. The summed E-state index contributed by atoms with van der Waals surface area (Å²) in [6.45, 7) is 8.87. The van der Waals surface area contributed by atoms with Crippen LogP contribution in [-0.4, -0.2) is 102 Å². The quantitative estimate of drug-likeness (QED) is 0.0829. The number of aromatic hydroxyl groups is 1. The van der Waals surface area contributed by atoms with Crippen LogP contribution in [0.4, 0.5) is 4.79 Å². The van der Waals surface area contributed by atoms with Gasteiger partial charge < -0.3 is 66.2 Å². The first-order valence-corrected chi connectivity index (χ1v) is 19.0. The van der Waals surface area contributed by atoms with Gasteiger partial charge in [0.15, 0.2) is 29.3 Å². The number of rotatable bonds is 22. The molecule has 1 aliphatic carbocycles. The zero-order valence-electron chi connectivity index (χ0n) is 31.0. The summed E-state index contributed by atoms with van der Waals surface area (Å²) in [5.74, 6) is 0.527. The van der Waals surface area contributed by atoms with Gasteiger partial charge in [-0.1, -0.05) is 6.92 Å². The lowest BCUT2D eigenvalue weighted by molar-refractivity contribution is -0.0855. The number of unbranched alkanes of at least 4 members (excludes halogenated alkanes) is 1. The highest BCUT2D eigenvalue weighted by molar-refractivity contribution is 5.75. The van der Waals surface area contributed by atoms with E-state index in [1.165, 1.54) is 27.1 Å². The van der Waals surface area contributed by atoms with Crippen LogP contribution in [0.15, 0.2) is 24.3 Å². The second-order valence-corrected chi connectivity index (χ2v) is 13.8. The highest BCUT2D eigenvalue weighted by atomic mass is 16.7. The van der Waals surface area contributed by atoms with E-state index < -0.39 is 18.2 Å². The van der Waals surface area contributed by atoms with Crippen LogP contribution in [0.5, 0.6) is 28.7 Å². The predicted molar refractivity (Wildman–Crippen MR) is 198 cm³/mol.